The average molecular weight is 353 g/mol. The molecule has 0 atom stereocenters. The number of nitrogens with zero attached hydrogens (tertiary/aromatic N) is 3. The number of carbonyl (C=O) groups excluding carboxylic acids is 2. The number of nitrogens with one attached hydrogen (secondary N) is 2. The summed E-state index contributed by atoms with van der Waals surface area (Å²) in [5, 5.41) is 4.09. The molecule has 2 heterocycles. The molecule has 8 nitrogen and oxygen atoms in total. The van der Waals surface area contributed by atoms with Crippen molar-refractivity contribution in [1.82, 2.24) is 15.7 Å². The van der Waals surface area contributed by atoms with Gasteiger partial charge in [-0.2, -0.15) is 0 Å². The number of carbonyl (C=O) groups is 2. The van der Waals surface area contributed by atoms with Gasteiger partial charge in [0.05, 0.1) is 12.8 Å². The monoisotopic (exact) mass is 353 g/mol. The van der Waals surface area contributed by atoms with E-state index in [0.717, 1.165) is 11.1 Å². The van der Waals surface area contributed by atoms with Crippen LogP contribution in [0.3, 0.4) is 0 Å². The second-order valence-electron chi connectivity index (χ2n) is 5.73. The van der Waals surface area contributed by atoms with Gasteiger partial charge in [-0.05, 0) is 30.7 Å². The molecular weight excluding hydrogens is 334 g/mol. The molecule has 2 amide bonds. The Balaban J connectivity index is 1.65. The van der Waals surface area contributed by atoms with Crippen LogP contribution in [0.1, 0.15) is 11.1 Å². The molecule has 1 aliphatic heterocycles. The van der Waals surface area contributed by atoms with E-state index in [1.165, 1.54) is 12.1 Å². The zero-order valence-corrected chi connectivity index (χ0v) is 14.5. The van der Waals surface area contributed by atoms with Crippen LogP contribution < -0.4 is 20.5 Å². The highest BCUT2D eigenvalue weighted by molar-refractivity contribution is 6.39. The minimum atomic E-state index is -0.398. The van der Waals surface area contributed by atoms with Gasteiger partial charge < -0.3 is 10.1 Å². The lowest BCUT2D eigenvalue weighted by atomic mass is 10.2. The first kappa shape index (κ1) is 17.4. The predicted molar refractivity (Wildman–Crippen MR) is 96.7 cm³/mol. The van der Waals surface area contributed by atoms with Crippen molar-refractivity contribution in [2.24, 2.45) is 4.99 Å². The topological polar surface area (TPSA) is 95.9 Å². The van der Waals surface area contributed by atoms with Crippen molar-refractivity contribution in [3.63, 3.8) is 0 Å². The molecule has 1 aromatic carbocycles. The van der Waals surface area contributed by atoms with Crippen molar-refractivity contribution < 1.29 is 14.3 Å². The van der Waals surface area contributed by atoms with Gasteiger partial charge in [-0.1, -0.05) is 17.7 Å². The molecule has 0 aliphatic carbocycles. The highest BCUT2D eigenvalue weighted by Gasteiger charge is 2.25. The van der Waals surface area contributed by atoms with Crippen molar-refractivity contribution >= 4 is 23.3 Å². The van der Waals surface area contributed by atoms with Gasteiger partial charge in [-0.25, -0.2) is 9.99 Å². The van der Waals surface area contributed by atoms with Gasteiger partial charge in [0, 0.05) is 18.8 Å². The molecule has 26 heavy (non-hydrogen) atoms. The van der Waals surface area contributed by atoms with E-state index >= 15 is 0 Å². The molecule has 134 valence electrons. The first-order valence-electron chi connectivity index (χ1n) is 8.04. The number of methoxy groups -OCH3 is 1. The van der Waals surface area contributed by atoms with Gasteiger partial charge in [-0.15, -0.1) is 0 Å². The number of rotatable bonds is 5. The van der Waals surface area contributed by atoms with E-state index in [1.807, 2.05) is 31.2 Å². The van der Waals surface area contributed by atoms with E-state index in [2.05, 4.69) is 20.7 Å². The minimum Gasteiger partial charge on any atom is -0.481 e. The maximum atomic E-state index is 12.4. The lowest BCUT2D eigenvalue weighted by Crippen LogP contribution is -2.55. The number of aromatic nitrogens is 1. The Labute approximate surface area is 150 Å². The van der Waals surface area contributed by atoms with Gasteiger partial charge in [-0.3, -0.25) is 20.0 Å². The maximum Gasteiger partial charge on any atom is 0.288 e. The largest absolute Gasteiger partial charge is 0.481 e. The highest BCUT2D eigenvalue weighted by Crippen LogP contribution is 2.15. The van der Waals surface area contributed by atoms with Crippen LogP contribution in [0.4, 0.5) is 5.69 Å². The summed E-state index contributed by atoms with van der Waals surface area (Å²) in [6.07, 6.45) is 1.61. The first-order valence-corrected chi connectivity index (χ1v) is 8.04. The lowest BCUT2D eigenvalue weighted by Gasteiger charge is -2.27. The molecule has 2 aromatic rings. The summed E-state index contributed by atoms with van der Waals surface area (Å²) in [6, 6.07) is 10.9. The first-order chi connectivity index (χ1) is 12.6. The summed E-state index contributed by atoms with van der Waals surface area (Å²) in [5.74, 6) is -0.0677. The number of benzene rings is 1. The molecule has 1 aliphatic rings. The van der Waals surface area contributed by atoms with Gasteiger partial charge in [0.25, 0.3) is 11.8 Å². The third-order valence-electron chi connectivity index (χ3n) is 3.81. The summed E-state index contributed by atoms with van der Waals surface area (Å²) in [6.45, 7) is 2.16. The van der Waals surface area contributed by atoms with Crippen molar-refractivity contribution in [1.29, 1.82) is 0 Å². The predicted octanol–water partition coefficient (Wildman–Crippen LogP) is 0.965. The second-order valence-corrected chi connectivity index (χ2v) is 5.73. The molecule has 0 bridgehead atoms. The number of aliphatic imine (C=N–C) groups is 1. The number of amidine groups is 1. The van der Waals surface area contributed by atoms with E-state index in [9.17, 15) is 9.59 Å². The Kier molecular flexibility index (Phi) is 5.12. The van der Waals surface area contributed by atoms with Gasteiger partial charge in [0.1, 0.15) is 6.54 Å². The van der Waals surface area contributed by atoms with Crippen LogP contribution in [-0.4, -0.2) is 36.3 Å². The quantitative estimate of drug-likeness (QED) is 0.835. The van der Waals surface area contributed by atoms with E-state index in [1.54, 1.807) is 18.3 Å². The van der Waals surface area contributed by atoms with Crippen molar-refractivity contribution in [2.45, 2.75) is 13.5 Å². The Hall–Kier alpha value is -3.42. The van der Waals surface area contributed by atoms with E-state index in [4.69, 9.17) is 4.74 Å². The number of ether oxygens (including phenoxy) is 1. The number of hydrogen-bond acceptors (Lipinski definition) is 6. The normalized spacial score (nSPS) is 13.7. The summed E-state index contributed by atoms with van der Waals surface area (Å²) in [4.78, 5) is 32.5. The molecule has 0 saturated carbocycles. The van der Waals surface area contributed by atoms with Gasteiger partial charge in [0.15, 0.2) is 0 Å². The number of amides is 2. The molecule has 0 spiro atoms. The summed E-state index contributed by atoms with van der Waals surface area (Å²) >= 11 is 0. The van der Waals surface area contributed by atoms with Crippen LogP contribution >= 0.6 is 0 Å². The molecule has 0 radical (unpaired) electrons. The van der Waals surface area contributed by atoms with Crippen LogP contribution in [-0.2, 0) is 16.1 Å². The molecular formula is C18H19N5O3. The van der Waals surface area contributed by atoms with Gasteiger partial charge in [0.2, 0.25) is 11.7 Å². The Morgan fingerprint density at radius 1 is 1.31 bits per heavy atom. The molecule has 0 saturated heterocycles. The summed E-state index contributed by atoms with van der Waals surface area (Å²) in [5.41, 5.74) is 5.36. The third-order valence-corrected chi connectivity index (χ3v) is 3.81. The lowest BCUT2D eigenvalue weighted by molar-refractivity contribution is -0.118. The SMILES string of the molecule is COc1cc(CNC(=O)C2=NCC(=O)N(c3ccc(C)cc3)N2)ccn1. The number of hydrazine groups is 1. The van der Waals surface area contributed by atoms with E-state index < -0.39 is 5.91 Å². The van der Waals surface area contributed by atoms with Crippen LogP contribution in [0.5, 0.6) is 5.88 Å². The van der Waals surface area contributed by atoms with Crippen molar-refractivity contribution in [3.8, 4) is 5.88 Å². The number of anilines is 1. The van der Waals surface area contributed by atoms with Gasteiger partial charge >= 0.3 is 0 Å². The smallest absolute Gasteiger partial charge is 0.288 e. The number of aryl methyl sites for hydroxylation is 1. The fourth-order valence-electron chi connectivity index (χ4n) is 2.38. The van der Waals surface area contributed by atoms with E-state index in [-0.39, 0.29) is 24.8 Å². The van der Waals surface area contributed by atoms with E-state index in [0.29, 0.717) is 11.6 Å². The molecule has 0 unspecified atom stereocenters. The number of hydrogen-bond donors (Lipinski definition) is 2. The fourth-order valence-corrected chi connectivity index (χ4v) is 2.38. The van der Waals surface area contributed by atoms with Crippen molar-refractivity contribution in [3.05, 3.63) is 53.7 Å². The van der Waals surface area contributed by atoms with Crippen LogP contribution in [0, 0.1) is 6.92 Å². The highest BCUT2D eigenvalue weighted by atomic mass is 16.5. The zero-order chi connectivity index (χ0) is 18.5. The standard InChI is InChI=1S/C18H19N5O3/c1-12-3-5-14(6-4-12)23-16(24)11-20-17(22-23)18(25)21-10-13-7-8-19-15(9-13)26-2/h3-9H,10-11H2,1-2H3,(H,20,22)(H,21,25). The summed E-state index contributed by atoms with van der Waals surface area (Å²) in [7, 11) is 1.53. The van der Waals surface area contributed by atoms with Crippen LogP contribution in [0.2, 0.25) is 0 Å². The van der Waals surface area contributed by atoms with Crippen LogP contribution in [0.25, 0.3) is 0 Å². The molecule has 2 N–H and O–H groups in total. The fraction of sp³-hybridized carbons (Fsp3) is 0.222. The number of pyridine rings is 1. The molecule has 3 rings (SSSR count). The molecule has 0 fully saturated rings. The summed E-state index contributed by atoms with van der Waals surface area (Å²) < 4.78 is 5.06. The Morgan fingerprint density at radius 2 is 2.08 bits per heavy atom. The molecule has 8 heteroatoms. The maximum absolute atomic E-state index is 12.4. The van der Waals surface area contributed by atoms with Crippen molar-refractivity contribution in [2.75, 3.05) is 18.7 Å². The van der Waals surface area contributed by atoms with Crippen LogP contribution in [0.15, 0.2) is 47.6 Å². The minimum absolute atomic E-state index is 0.0891. The zero-order valence-electron chi connectivity index (χ0n) is 14.5. The molecule has 1 aromatic heterocycles. The second kappa shape index (κ2) is 7.64. The Bertz CT molecular complexity index is 848. The average Bonchev–Trinajstić information content (AvgIpc) is 2.67. The Morgan fingerprint density at radius 3 is 2.81 bits per heavy atom. The third kappa shape index (κ3) is 3.97.